The van der Waals surface area contributed by atoms with Crippen molar-refractivity contribution in [1.29, 1.82) is 5.26 Å². The van der Waals surface area contributed by atoms with E-state index in [2.05, 4.69) is 18.3 Å². The molecule has 4 heteroatoms. The number of hydrogen-bond donors (Lipinski definition) is 1. The first kappa shape index (κ1) is 15.9. The molecule has 4 unspecified atom stereocenters. The summed E-state index contributed by atoms with van der Waals surface area (Å²) in [5.41, 5.74) is 0.953. The molecule has 0 aromatic heterocycles. The molecule has 4 nitrogen and oxygen atoms in total. The van der Waals surface area contributed by atoms with E-state index in [1.54, 1.807) is 12.1 Å². The maximum atomic E-state index is 12.1. The van der Waals surface area contributed by atoms with Crippen molar-refractivity contribution < 1.29 is 9.53 Å². The number of hydrogen-bond acceptors (Lipinski definition) is 3. The summed E-state index contributed by atoms with van der Waals surface area (Å²) in [6.45, 7) is 2.17. The minimum Gasteiger partial charge on any atom is -0.484 e. The Labute approximate surface area is 137 Å². The second-order valence-electron chi connectivity index (χ2n) is 6.96. The van der Waals surface area contributed by atoms with Gasteiger partial charge >= 0.3 is 0 Å². The van der Waals surface area contributed by atoms with Gasteiger partial charge in [-0.15, -0.1) is 0 Å². The Morgan fingerprint density at radius 2 is 2.13 bits per heavy atom. The number of fused-ring (bicyclic) bond motifs is 2. The van der Waals surface area contributed by atoms with Crippen LogP contribution in [0.1, 0.15) is 38.2 Å². The van der Waals surface area contributed by atoms with Crippen molar-refractivity contribution in [3.8, 4) is 11.8 Å². The molecule has 0 heterocycles. The van der Waals surface area contributed by atoms with E-state index in [1.807, 2.05) is 12.1 Å². The highest BCUT2D eigenvalue weighted by molar-refractivity contribution is 5.77. The SMILES string of the molecule is CC(NC(=O)COc1ccc(CC#N)cc1)C1CC2CCC1C2. The third-order valence-corrected chi connectivity index (χ3v) is 5.40. The van der Waals surface area contributed by atoms with Crippen molar-refractivity contribution in [2.75, 3.05) is 6.61 Å². The maximum absolute atomic E-state index is 12.1. The number of nitrogens with one attached hydrogen (secondary N) is 1. The average Bonchev–Trinajstić information content (AvgIpc) is 3.17. The molecule has 4 atom stereocenters. The first-order valence-electron chi connectivity index (χ1n) is 8.53. The Balaban J connectivity index is 1.43. The number of carbonyl (C=O) groups excluding carboxylic acids is 1. The highest BCUT2D eigenvalue weighted by Crippen LogP contribution is 2.49. The summed E-state index contributed by atoms with van der Waals surface area (Å²) in [6.07, 6.45) is 5.74. The van der Waals surface area contributed by atoms with Gasteiger partial charge in [0.05, 0.1) is 12.5 Å². The molecular formula is C19H24N2O2. The molecule has 2 bridgehead atoms. The van der Waals surface area contributed by atoms with Gasteiger partial charge in [-0.05, 0) is 61.6 Å². The molecule has 2 aliphatic rings. The first-order valence-corrected chi connectivity index (χ1v) is 8.53. The molecule has 2 aliphatic carbocycles. The summed E-state index contributed by atoms with van der Waals surface area (Å²) >= 11 is 0. The number of rotatable bonds is 6. The molecule has 1 aromatic carbocycles. The molecule has 2 fully saturated rings. The van der Waals surface area contributed by atoms with Crippen molar-refractivity contribution in [3.63, 3.8) is 0 Å². The van der Waals surface area contributed by atoms with Gasteiger partial charge in [0.25, 0.3) is 5.91 Å². The lowest BCUT2D eigenvalue weighted by Gasteiger charge is -2.28. The van der Waals surface area contributed by atoms with E-state index in [1.165, 1.54) is 25.7 Å². The monoisotopic (exact) mass is 312 g/mol. The molecule has 122 valence electrons. The van der Waals surface area contributed by atoms with E-state index in [4.69, 9.17) is 10.00 Å². The van der Waals surface area contributed by atoms with E-state index < -0.39 is 0 Å². The average molecular weight is 312 g/mol. The van der Waals surface area contributed by atoms with Crippen LogP contribution in [0.25, 0.3) is 0 Å². The predicted molar refractivity (Wildman–Crippen MR) is 87.8 cm³/mol. The fraction of sp³-hybridized carbons (Fsp3) is 0.579. The fourth-order valence-corrected chi connectivity index (χ4v) is 4.25. The summed E-state index contributed by atoms with van der Waals surface area (Å²) in [5, 5.41) is 11.7. The van der Waals surface area contributed by atoms with Gasteiger partial charge in [0.2, 0.25) is 0 Å². The lowest BCUT2D eigenvalue weighted by molar-refractivity contribution is -0.124. The molecule has 23 heavy (non-hydrogen) atoms. The van der Waals surface area contributed by atoms with Crippen LogP contribution in [0.15, 0.2) is 24.3 Å². The van der Waals surface area contributed by atoms with Crippen LogP contribution >= 0.6 is 0 Å². The number of amides is 1. The van der Waals surface area contributed by atoms with Crippen molar-refractivity contribution in [1.82, 2.24) is 5.32 Å². The summed E-state index contributed by atoms with van der Waals surface area (Å²) < 4.78 is 5.53. The highest BCUT2D eigenvalue weighted by atomic mass is 16.5. The second-order valence-corrected chi connectivity index (χ2v) is 6.96. The molecular weight excluding hydrogens is 288 g/mol. The van der Waals surface area contributed by atoms with Crippen LogP contribution in [0, 0.1) is 29.1 Å². The van der Waals surface area contributed by atoms with Crippen molar-refractivity contribution in [2.24, 2.45) is 17.8 Å². The fourth-order valence-electron chi connectivity index (χ4n) is 4.25. The Morgan fingerprint density at radius 3 is 2.74 bits per heavy atom. The van der Waals surface area contributed by atoms with E-state index in [9.17, 15) is 4.79 Å². The van der Waals surface area contributed by atoms with Gasteiger partial charge in [-0.3, -0.25) is 4.79 Å². The van der Waals surface area contributed by atoms with Crippen LogP contribution in [0.5, 0.6) is 5.75 Å². The first-order chi connectivity index (χ1) is 11.2. The quantitative estimate of drug-likeness (QED) is 0.878. The Bertz CT molecular complexity index is 590. The van der Waals surface area contributed by atoms with Crippen molar-refractivity contribution >= 4 is 5.91 Å². The zero-order valence-electron chi connectivity index (χ0n) is 13.6. The zero-order valence-corrected chi connectivity index (χ0v) is 13.6. The lowest BCUT2D eigenvalue weighted by atomic mass is 9.84. The molecule has 0 spiro atoms. The van der Waals surface area contributed by atoms with Gasteiger partial charge in [-0.2, -0.15) is 5.26 Å². The number of benzene rings is 1. The molecule has 1 amide bonds. The number of carbonyl (C=O) groups is 1. The summed E-state index contributed by atoms with van der Waals surface area (Å²) in [4.78, 5) is 12.1. The van der Waals surface area contributed by atoms with Crippen molar-refractivity contribution in [3.05, 3.63) is 29.8 Å². The maximum Gasteiger partial charge on any atom is 0.258 e. The van der Waals surface area contributed by atoms with Crippen LogP contribution in [-0.2, 0) is 11.2 Å². The molecule has 1 N–H and O–H groups in total. The molecule has 3 rings (SSSR count). The standard InChI is InChI=1S/C19H24N2O2/c1-13(18-11-15-2-5-16(18)10-15)21-19(22)12-23-17-6-3-14(4-7-17)8-9-20/h3-4,6-7,13,15-16,18H,2,5,8,10-12H2,1H3,(H,21,22). The van der Waals surface area contributed by atoms with Gasteiger partial charge in [0, 0.05) is 6.04 Å². The van der Waals surface area contributed by atoms with E-state index in [0.717, 1.165) is 17.4 Å². The number of nitriles is 1. The smallest absolute Gasteiger partial charge is 0.258 e. The topological polar surface area (TPSA) is 62.1 Å². The second kappa shape index (κ2) is 7.04. The summed E-state index contributed by atoms with van der Waals surface area (Å²) in [7, 11) is 0. The van der Waals surface area contributed by atoms with Gasteiger partial charge in [0.15, 0.2) is 6.61 Å². The predicted octanol–water partition coefficient (Wildman–Crippen LogP) is 3.07. The van der Waals surface area contributed by atoms with Gasteiger partial charge < -0.3 is 10.1 Å². The van der Waals surface area contributed by atoms with Crippen molar-refractivity contribution in [2.45, 2.75) is 45.1 Å². The van der Waals surface area contributed by atoms with Crippen LogP contribution in [0.3, 0.4) is 0 Å². The largest absolute Gasteiger partial charge is 0.484 e. The van der Waals surface area contributed by atoms with Crippen LogP contribution < -0.4 is 10.1 Å². The molecule has 2 saturated carbocycles. The Hall–Kier alpha value is -2.02. The summed E-state index contributed by atoms with van der Waals surface area (Å²) in [6, 6.07) is 9.66. The minimum atomic E-state index is -0.0543. The molecule has 0 saturated heterocycles. The Morgan fingerprint density at radius 1 is 1.35 bits per heavy atom. The normalized spacial score (nSPS) is 26.5. The van der Waals surface area contributed by atoms with E-state index in [-0.39, 0.29) is 18.6 Å². The lowest BCUT2D eigenvalue weighted by Crippen LogP contribution is -2.42. The zero-order chi connectivity index (χ0) is 16.2. The highest BCUT2D eigenvalue weighted by Gasteiger charge is 2.42. The molecule has 0 radical (unpaired) electrons. The molecule has 1 aromatic rings. The Kier molecular flexibility index (Phi) is 4.85. The third-order valence-electron chi connectivity index (χ3n) is 5.40. The van der Waals surface area contributed by atoms with E-state index in [0.29, 0.717) is 18.1 Å². The van der Waals surface area contributed by atoms with Crippen LogP contribution in [-0.4, -0.2) is 18.6 Å². The van der Waals surface area contributed by atoms with Gasteiger partial charge in [-0.1, -0.05) is 18.6 Å². The minimum absolute atomic E-state index is 0.0444. The third kappa shape index (κ3) is 3.85. The van der Waals surface area contributed by atoms with Crippen LogP contribution in [0.4, 0.5) is 0 Å². The van der Waals surface area contributed by atoms with Gasteiger partial charge in [0.1, 0.15) is 5.75 Å². The number of ether oxygens (including phenoxy) is 1. The molecule has 0 aliphatic heterocycles. The van der Waals surface area contributed by atoms with E-state index >= 15 is 0 Å². The summed E-state index contributed by atoms with van der Waals surface area (Å²) in [5.74, 6) is 2.95. The van der Waals surface area contributed by atoms with Gasteiger partial charge in [-0.25, -0.2) is 0 Å². The number of nitrogens with zero attached hydrogens (tertiary/aromatic N) is 1. The van der Waals surface area contributed by atoms with Crippen LogP contribution in [0.2, 0.25) is 0 Å².